The van der Waals surface area contributed by atoms with Crippen molar-refractivity contribution in [1.82, 2.24) is 10.6 Å². The van der Waals surface area contributed by atoms with E-state index in [-0.39, 0.29) is 35.7 Å². The lowest BCUT2D eigenvalue weighted by molar-refractivity contribution is 0.0724. The van der Waals surface area contributed by atoms with Crippen molar-refractivity contribution >= 4 is 47.4 Å². The number of nitrogens with zero attached hydrogens (tertiary/aromatic N) is 2. The molecule has 1 aromatic rings. The van der Waals surface area contributed by atoms with Crippen LogP contribution in [0.1, 0.15) is 12.8 Å². The quantitative estimate of drug-likeness (QED) is 0.338. The van der Waals surface area contributed by atoms with E-state index in [0.29, 0.717) is 25.6 Å². The number of hydrogen-bond acceptors (Lipinski definition) is 4. The van der Waals surface area contributed by atoms with Crippen molar-refractivity contribution in [2.75, 3.05) is 43.1 Å². The first-order valence-corrected chi connectivity index (χ1v) is 9.62. The Morgan fingerprint density at radius 3 is 2.77 bits per heavy atom. The molecule has 0 radical (unpaired) electrons. The summed E-state index contributed by atoms with van der Waals surface area (Å²) in [5.74, 6) is 1.22. The highest BCUT2D eigenvalue weighted by molar-refractivity contribution is 14.0. The van der Waals surface area contributed by atoms with Gasteiger partial charge in [-0.05, 0) is 30.7 Å². The molecule has 2 unspecified atom stereocenters. The van der Waals surface area contributed by atoms with Gasteiger partial charge in [0.25, 0.3) is 0 Å². The summed E-state index contributed by atoms with van der Waals surface area (Å²) < 4.78 is 27.9. The highest BCUT2D eigenvalue weighted by Crippen LogP contribution is 2.28. The van der Waals surface area contributed by atoms with Crippen molar-refractivity contribution in [3.8, 4) is 0 Å². The van der Waals surface area contributed by atoms with E-state index >= 15 is 0 Å². The van der Waals surface area contributed by atoms with Crippen molar-refractivity contribution < 1.29 is 13.9 Å². The Balaban J connectivity index is 0.00000243. The van der Waals surface area contributed by atoms with Gasteiger partial charge in [0.05, 0.1) is 5.60 Å². The number of guanidine groups is 1. The largest absolute Gasteiger partial charge is 0.387 e. The maximum absolute atomic E-state index is 13.9. The Labute approximate surface area is 174 Å². The average molecular weight is 498 g/mol. The number of nitrogens with one attached hydrogen (secondary N) is 2. The van der Waals surface area contributed by atoms with E-state index in [1.54, 1.807) is 23.7 Å². The molecule has 3 N–H and O–H groups in total. The second-order valence-corrected chi connectivity index (χ2v) is 7.70. The van der Waals surface area contributed by atoms with E-state index in [2.05, 4.69) is 15.6 Å². The summed E-state index contributed by atoms with van der Waals surface area (Å²) in [6.07, 6.45) is 1.53. The predicted molar refractivity (Wildman–Crippen MR) is 114 cm³/mol. The van der Waals surface area contributed by atoms with Crippen molar-refractivity contribution in [3.63, 3.8) is 0 Å². The third kappa shape index (κ3) is 5.13. The first-order valence-electron chi connectivity index (χ1n) is 8.47. The van der Waals surface area contributed by atoms with Crippen LogP contribution in [-0.2, 0) is 0 Å². The van der Waals surface area contributed by atoms with Gasteiger partial charge in [-0.2, -0.15) is 11.8 Å². The zero-order valence-corrected chi connectivity index (χ0v) is 17.8. The number of aliphatic imine (C=N–C) groups is 1. The van der Waals surface area contributed by atoms with E-state index in [9.17, 15) is 13.9 Å². The summed E-state index contributed by atoms with van der Waals surface area (Å²) in [6.45, 7) is 1.52. The Morgan fingerprint density at radius 2 is 2.15 bits per heavy atom. The number of hydrogen-bond donors (Lipinski definition) is 3. The number of para-hydroxylation sites is 1. The molecule has 9 heteroatoms. The molecule has 0 bridgehead atoms. The third-order valence-electron chi connectivity index (χ3n) is 4.67. The lowest BCUT2D eigenvalue weighted by Crippen LogP contribution is -2.50. The number of halogens is 3. The monoisotopic (exact) mass is 498 g/mol. The molecular weight excluding hydrogens is 473 g/mol. The second-order valence-electron chi connectivity index (χ2n) is 6.60. The predicted octanol–water partition coefficient (Wildman–Crippen LogP) is 2.19. The zero-order valence-electron chi connectivity index (χ0n) is 14.7. The minimum atomic E-state index is -0.694. The summed E-state index contributed by atoms with van der Waals surface area (Å²) in [7, 11) is 1.67. The van der Waals surface area contributed by atoms with Crippen LogP contribution in [-0.4, -0.2) is 60.9 Å². The first kappa shape index (κ1) is 21.5. The summed E-state index contributed by atoms with van der Waals surface area (Å²) in [5, 5.41) is 16.8. The maximum Gasteiger partial charge on any atom is 0.191 e. The number of anilines is 1. The molecule has 26 heavy (non-hydrogen) atoms. The molecule has 2 saturated heterocycles. The Bertz CT molecular complexity index is 623. The molecule has 0 aliphatic carbocycles. The van der Waals surface area contributed by atoms with Crippen LogP contribution in [0.3, 0.4) is 0 Å². The van der Waals surface area contributed by atoms with E-state index in [1.165, 1.54) is 18.2 Å². The number of benzene rings is 1. The molecule has 2 aliphatic rings. The van der Waals surface area contributed by atoms with Crippen LogP contribution in [0.2, 0.25) is 0 Å². The van der Waals surface area contributed by atoms with E-state index in [4.69, 9.17) is 0 Å². The lowest BCUT2D eigenvalue weighted by Gasteiger charge is -2.25. The van der Waals surface area contributed by atoms with Gasteiger partial charge in [0.2, 0.25) is 0 Å². The fourth-order valence-corrected chi connectivity index (χ4v) is 4.54. The molecule has 146 valence electrons. The maximum atomic E-state index is 13.9. The molecule has 3 rings (SSSR count). The van der Waals surface area contributed by atoms with Gasteiger partial charge in [-0.1, -0.05) is 6.07 Å². The van der Waals surface area contributed by atoms with E-state index in [0.717, 1.165) is 24.3 Å². The van der Waals surface area contributed by atoms with Gasteiger partial charge in [-0.25, -0.2) is 8.78 Å². The van der Waals surface area contributed by atoms with Crippen LogP contribution in [0.25, 0.3) is 0 Å². The lowest BCUT2D eigenvalue weighted by atomic mass is 10.0. The molecule has 2 heterocycles. The minimum absolute atomic E-state index is 0. The fourth-order valence-electron chi connectivity index (χ4n) is 3.24. The Morgan fingerprint density at radius 1 is 1.42 bits per heavy atom. The highest BCUT2D eigenvalue weighted by atomic mass is 127. The van der Waals surface area contributed by atoms with Gasteiger partial charge in [0, 0.05) is 38.5 Å². The van der Waals surface area contributed by atoms with Crippen molar-refractivity contribution in [3.05, 3.63) is 29.8 Å². The van der Waals surface area contributed by atoms with E-state index in [1.807, 2.05) is 0 Å². The molecule has 0 spiro atoms. The topological polar surface area (TPSA) is 59.9 Å². The van der Waals surface area contributed by atoms with Crippen LogP contribution in [0.5, 0.6) is 0 Å². The molecule has 2 fully saturated rings. The average Bonchev–Trinajstić information content (AvgIpc) is 3.21. The van der Waals surface area contributed by atoms with Gasteiger partial charge in [0.15, 0.2) is 5.96 Å². The molecule has 1 aromatic carbocycles. The van der Waals surface area contributed by atoms with Gasteiger partial charge in [0.1, 0.15) is 17.3 Å². The van der Waals surface area contributed by atoms with Gasteiger partial charge < -0.3 is 20.6 Å². The molecular formula is C17H25F2IN4OS. The van der Waals surface area contributed by atoms with Gasteiger partial charge >= 0.3 is 0 Å². The van der Waals surface area contributed by atoms with Crippen molar-refractivity contribution in [1.29, 1.82) is 0 Å². The number of aliphatic hydroxyl groups is 1. The SMILES string of the molecule is CN=C(NCC1(O)CCSC1)NC1CCN(c2c(F)cccc2F)C1.I. The smallest absolute Gasteiger partial charge is 0.191 e. The fraction of sp³-hybridized carbons (Fsp3) is 0.588. The van der Waals surface area contributed by atoms with Crippen molar-refractivity contribution in [2.24, 2.45) is 4.99 Å². The molecule has 0 amide bonds. The minimum Gasteiger partial charge on any atom is -0.387 e. The van der Waals surface area contributed by atoms with Crippen LogP contribution in [0, 0.1) is 11.6 Å². The molecule has 2 atom stereocenters. The summed E-state index contributed by atoms with van der Waals surface area (Å²) in [6, 6.07) is 3.97. The summed E-state index contributed by atoms with van der Waals surface area (Å²) >= 11 is 1.75. The van der Waals surface area contributed by atoms with Gasteiger partial charge in [-0.15, -0.1) is 24.0 Å². The number of thioether (sulfide) groups is 1. The van der Waals surface area contributed by atoms with Gasteiger partial charge in [-0.3, -0.25) is 4.99 Å². The van der Waals surface area contributed by atoms with Crippen LogP contribution < -0.4 is 15.5 Å². The standard InChI is InChI=1S/C17H24F2N4OS.HI/c1-20-16(21-10-17(24)6-8-25-11-17)22-12-5-7-23(9-12)15-13(18)3-2-4-14(15)19;/h2-4,12,24H,5-11H2,1H3,(H2,20,21,22);1H. The Kier molecular flexibility index (Phi) is 7.77. The summed E-state index contributed by atoms with van der Waals surface area (Å²) in [4.78, 5) is 5.91. The normalized spacial score (nSPS) is 25.9. The summed E-state index contributed by atoms with van der Waals surface area (Å²) in [5.41, 5.74) is -0.660. The molecule has 5 nitrogen and oxygen atoms in total. The van der Waals surface area contributed by atoms with Crippen LogP contribution in [0.15, 0.2) is 23.2 Å². The van der Waals surface area contributed by atoms with Crippen LogP contribution in [0.4, 0.5) is 14.5 Å². The zero-order chi connectivity index (χ0) is 17.9. The Hall–Kier alpha value is -0.810. The third-order valence-corrected chi connectivity index (χ3v) is 5.91. The first-order chi connectivity index (χ1) is 12.0. The molecule has 0 saturated carbocycles. The van der Waals surface area contributed by atoms with Crippen molar-refractivity contribution in [2.45, 2.75) is 24.5 Å². The highest BCUT2D eigenvalue weighted by Gasteiger charge is 2.32. The van der Waals surface area contributed by atoms with E-state index < -0.39 is 17.2 Å². The number of rotatable bonds is 4. The molecule has 0 aromatic heterocycles. The van der Waals surface area contributed by atoms with Crippen LogP contribution >= 0.6 is 35.7 Å². The second kappa shape index (κ2) is 9.41. The molecule has 2 aliphatic heterocycles.